The lowest BCUT2D eigenvalue weighted by Crippen LogP contribution is -2.44. The van der Waals surface area contributed by atoms with E-state index in [0.29, 0.717) is 23.9 Å². The van der Waals surface area contributed by atoms with E-state index in [9.17, 15) is 19.5 Å². The van der Waals surface area contributed by atoms with Crippen LogP contribution in [0.5, 0.6) is 0 Å². The number of carboxylic acids is 1. The Hall–Kier alpha value is -2.49. The highest BCUT2D eigenvalue weighted by Gasteiger charge is 2.22. The average molecular weight is 1030 g/mol. The molecule has 0 saturated heterocycles. The molecule has 2 atom stereocenters. The van der Waals surface area contributed by atoms with Crippen molar-refractivity contribution in [3.05, 3.63) is 36.5 Å². The quantitative estimate of drug-likeness (QED) is 0.0195. The molecule has 428 valence electrons. The first-order valence-corrected chi connectivity index (χ1v) is 31.1. The predicted octanol–water partition coefficient (Wildman–Crippen LogP) is 17.1. The molecule has 0 N–H and O–H groups in total. The maximum absolute atomic E-state index is 12.9. The molecule has 0 bridgehead atoms. The summed E-state index contributed by atoms with van der Waals surface area (Å²) in [5.41, 5.74) is 0. The fourth-order valence-corrected chi connectivity index (χ4v) is 9.03. The first-order valence-electron chi connectivity index (χ1n) is 31.1. The number of carbonyl (C=O) groups excluding carboxylic acids is 3. The van der Waals surface area contributed by atoms with Gasteiger partial charge in [0.15, 0.2) is 12.4 Å². The van der Waals surface area contributed by atoms with Gasteiger partial charge in [-0.3, -0.25) is 9.59 Å². The van der Waals surface area contributed by atoms with Crippen molar-refractivity contribution in [2.45, 2.75) is 309 Å². The van der Waals surface area contributed by atoms with E-state index in [2.05, 4.69) is 50.3 Å². The number of nitrogens with zero attached hydrogens (tertiary/aromatic N) is 1. The number of carboxylic acid groups (broad SMARTS) is 1. The largest absolute Gasteiger partial charge is 0.545 e. The van der Waals surface area contributed by atoms with Gasteiger partial charge in [-0.15, -0.1) is 0 Å². The summed E-state index contributed by atoms with van der Waals surface area (Å²) in [4.78, 5) is 37.4. The lowest BCUT2D eigenvalue weighted by molar-refractivity contribution is -0.870. The number of likely N-dealkylation sites (N-methyl/N-ethyl adjacent to an activating group) is 1. The van der Waals surface area contributed by atoms with Gasteiger partial charge in [0.1, 0.15) is 13.2 Å². The Morgan fingerprint density at radius 3 is 1.10 bits per heavy atom. The maximum atomic E-state index is 12.9. The number of allylic oxidation sites excluding steroid dienone is 6. The van der Waals surface area contributed by atoms with Gasteiger partial charge in [-0.05, 0) is 70.6 Å². The van der Waals surface area contributed by atoms with Crippen LogP contribution < -0.4 is 5.11 Å². The van der Waals surface area contributed by atoms with Crippen molar-refractivity contribution in [1.82, 2.24) is 0 Å². The molecule has 0 rings (SSSR count). The van der Waals surface area contributed by atoms with Gasteiger partial charge >= 0.3 is 11.9 Å². The molecule has 9 heteroatoms. The summed E-state index contributed by atoms with van der Waals surface area (Å²) in [5.74, 6) is -2.27. The van der Waals surface area contributed by atoms with E-state index in [0.717, 1.165) is 38.5 Å². The Labute approximate surface area is 451 Å². The Morgan fingerprint density at radius 1 is 0.411 bits per heavy atom. The van der Waals surface area contributed by atoms with Crippen molar-refractivity contribution < 1.29 is 42.9 Å². The van der Waals surface area contributed by atoms with Gasteiger partial charge in [0, 0.05) is 12.8 Å². The Kier molecular flexibility index (Phi) is 53.8. The minimum atomic E-state index is -1.62. The number of esters is 2. The molecule has 0 radical (unpaired) electrons. The first-order chi connectivity index (χ1) is 35.6. The van der Waals surface area contributed by atoms with Crippen LogP contribution in [0, 0.1) is 0 Å². The third-order valence-electron chi connectivity index (χ3n) is 13.9. The van der Waals surface area contributed by atoms with Crippen molar-refractivity contribution in [2.24, 2.45) is 0 Å². The molecule has 73 heavy (non-hydrogen) atoms. The Bertz CT molecular complexity index is 1290. The van der Waals surface area contributed by atoms with Crippen LogP contribution in [0.2, 0.25) is 0 Å². The summed E-state index contributed by atoms with van der Waals surface area (Å²) in [6.07, 6.45) is 64.8. The van der Waals surface area contributed by atoms with Crippen molar-refractivity contribution in [2.75, 3.05) is 47.5 Å². The molecule has 0 aliphatic heterocycles. The minimum Gasteiger partial charge on any atom is -0.545 e. The van der Waals surface area contributed by atoms with E-state index in [-0.39, 0.29) is 32.2 Å². The second kappa shape index (κ2) is 55.7. The van der Waals surface area contributed by atoms with Gasteiger partial charge in [-0.2, -0.15) is 0 Å². The van der Waals surface area contributed by atoms with Gasteiger partial charge in [-0.1, -0.05) is 249 Å². The fourth-order valence-electron chi connectivity index (χ4n) is 9.03. The number of hydrogen-bond acceptors (Lipinski definition) is 8. The van der Waals surface area contributed by atoms with Crippen LogP contribution in [0.25, 0.3) is 0 Å². The standard InChI is InChI=1S/C64H119NO8/c1-6-8-10-12-14-16-18-20-22-24-26-28-30-31-33-35-37-39-41-43-45-47-49-51-53-55-62(67)73-60(59-72-64(63(68)69)70-57-56-65(3,4)5)58-71-61(66)54-52-50-48-46-44-42-40-38-36-34-32-29-27-25-23-21-19-17-15-13-11-9-7-2/h18,20,24-27,60,64H,6-17,19,21-23,28-59H2,1-5H3/b20-18-,26-24-,27-25-. The second-order valence-electron chi connectivity index (χ2n) is 22.3. The molecular weight excluding hydrogens is 911 g/mol. The zero-order valence-electron chi connectivity index (χ0n) is 48.8. The summed E-state index contributed by atoms with van der Waals surface area (Å²) in [6.45, 7) is 4.78. The van der Waals surface area contributed by atoms with Crippen LogP contribution >= 0.6 is 0 Å². The minimum absolute atomic E-state index is 0.149. The Morgan fingerprint density at radius 2 is 0.740 bits per heavy atom. The van der Waals surface area contributed by atoms with Gasteiger partial charge < -0.3 is 33.3 Å². The molecule has 0 heterocycles. The summed E-state index contributed by atoms with van der Waals surface area (Å²) < 4.78 is 22.8. The lowest BCUT2D eigenvalue weighted by Gasteiger charge is -2.26. The number of quaternary nitrogens is 1. The smallest absolute Gasteiger partial charge is 0.306 e. The fraction of sp³-hybridized carbons (Fsp3) is 0.859. The molecule has 9 nitrogen and oxygen atoms in total. The topological polar surface area (TPSA) is 111 Å². The highest BCUT2D eigenvalue weighted by atomic mass is 16.7. The van der Waals surface area contributed by atoms with E-state index in [4.69, 9.17) is 18.9 Å². The summed E-state index contributed by atoms with van der Waals surface area (Å²) in [7, 11) is 5.93. The molecule has 0 amide bonds. The summed E-state index contributed by atoms with van der Waals surface area (Å²) in [6, 6.07) is 0. The van der Waals surface area contributed by atoms with Crippen LogP contribution in [0.1, 0.15) is 296 Å². The zero-order chi connectivity index (χ0) is 53.4. The van der Waals surface area contributed by atoms with Crippen molar-refractivity contribution in [3.63, 3.8) is 0 Å². The van der Waals surface area contributed by atoms with Crippen molar-refractivity contribution in [1.29, 1.82) is 0 Å². The van der Waals surface area contributed by atoms with Gasteiger partial charge in [0.05, 0.1) is 40.3 Å². The first kappa shape index (κ1) is 70.5. The Balaban J connectivity index is 4.18. The van der Waals surface area contributed by atoms with E-state index in [1.165, 1.54) is 225 Å². The van der Waals surface area contributed by atoms with E-state index in [1.807, 2.05) is 21.1 Å². The molecule has 0 saturated carbocycles. The number of aliphatic carboxylic acids is 1. The van der Waals surface area contributed by atoms with Crippen LogP contribution in [-0.2, 0) is 33.3 Å². The SMILES string of the molecule is CCCCCCC/C=C\C/C=C\CCCCCCCCCCCCCCCC(=O)OC(COC(=O)CCCCCCCCCCCCC/C=C\CCCCCCCCCC)COC(OCC[N+](C)(C)C)C(=O)[O-]. The highest BCUT2D eigenvalue weighted by Crippen LogP contribution is 2.17. The number of carbonyl (C=O) groups is 3. The molecular formula is C64H119NO8. The van der Waals surface area contributed by atoms with E-state index < -0.39 is 24.3 Å². The van der Waals surface area contributed by atoms with E-state index in [1.54, 1.807) is 0 Å². The highest BCUT2D eigenvalue weighted by molar-refractivity contribution is 5.70. The van der Waals surface area contributed by atoms with Crippen molar-refractivity contribution >= 4 is 17.9 Å². The molecule has 0 aliphatic rings. The summed E-state index contributed by atoms with van der Waals surface area (Å²) >= 11 is 0. The number of rotatable bonds is 58. The number of ether oxygens (including phenoxy) is 4. The van der Waals surface area contributed by atoms with Crippen LogP contribution in [-0.4, -0.2) is 82.3 Å². The third-order valence-corrected chi connectivity index (χ3v) is 13.9. The molecule has 0 aromatic heterocycles. The van der Waals surface area contributed by atoms with Crippen LogP contribution in [0.15, 0.2) is 36.5 Å². The van der Waals surface area contributed by atoms with E-state index >= 15 is 0 Å². The maximum Gasteiger partial charge on any atom is 0.306 e. The monoisotopic (exact) mass is 1030 g/mol. The zero-order valence-corrected chi connectivity index (χ0v) is 48.8. The molecule has 0 spiro atoms. The van der Waals surface area contributed by atoms with Gasteiger partial charge in [-0.25, -0.2) is 0 Å². The second-order valence-corrected chi connectivity index (χ2v) is 22.3. The molecule has 0 aromatic rings. The predicted molar refractivity (Wildman–Crippen MR) is 306 cm³/mol. The van der Waals surface area contributed by atoms with Crippen molar-refractivity contribution in [3.8, 4) is 0 Å². The number of unbranched alkanes of at least 4 members (excludes halogenated alkanes) is 37. The van der Waals surface area contributed by atoms with Crippen LogP contribution in [0.4, 0.5) is 0 Å². The van der Waals surface area contributed by atoms with Gasteiger partial charge in [0.2, 0.25) is 0 Å². The lowest BCUT2D eigenvalue weighted by atomic mass is 10.0. The average Bonchev–Trinajstić information content (AvgIpc) is 3.36. The third kappa shape index (κ3) is 57.1. The van der Waals surface area contributed by atoms with Gasteiger partial charge in [0.25, 0.3) is 0 Å². The molecule has 0 fully saturated rings. The molecule has 2 unspecified atom stereocenters. The number of hydrogen-bond donors (Lipinski definition) is 0. The normalized spacial score (nSPS) is 12.9. The molecule has 0 aliphatic carbocycles. The summed E-state index contributed by atoms with van der Waals surface area (Å²) in [5, 5.41) is 11.8. The molecule has 0 aromatic carbocycles. The van der Waals surface area contributed by atoms with Crippen LogP contribution in [0.3, 0.4) is 0 Å².